The van der Waals surface area contributed by atoms with Gasteiger partial charge >= 0.3 is 5.97 Å². The van der Waals surface area contributed by atoms with Gasteiger partial charge in [0.25, 0.3) is 0 Å². The second-order valence-corrected chi connectivity index (χ2v) is 6.09. The van der Waals surface area contributed by atoms with Gasteiger partial charge in [0.05, 0.1) is 6.61 Å². The molecular weight excluding hydrogens is 288 g/mol. The Hall–Kier alpha value is -2.13. The van der Waals surface area contributed by atoms with Crippen LogP contribution in [0.3, 0.4) is 0 Å². The average Bonchev–Trinajstić information content (AvgIpc) is 2.50. The summed E-state index contributed by atoms with van der Waals surface area (Å²) in [5, 5.41) is 9.36. The zero-order chi connectivity index (χ0) is 16.8. The van der Waals surface area contributed by atoms with E-state index in [0.29, 0.717) is 19.4 Å². The van der Waals surface area contributed by atoms with Crippen LogP contribution in [0.4, 0.5) is 0 Å². The van der Waals surface area contributed by atoms with Crippen LogP contribution in [0.15, 0.2) is 42.5 Å². The lowest BCUT2D eigenvalue weighted by atomic mass is 10.0. The summed E-state index contributed by atoms with van der Waals surface area (Å²) >= 11 is 0. The van der Waals surface area contributed by atoms with Crippen LogP contribution in [0, 0.1) is 20.8 Å². The first-order valence-corrected chi connectivity index (χ1v) is 7.92. The molecule has 0 bridgehead atoms. The van der Waals surface area contributed by atoms with Crippen molar-refractivity contribution in [2.24, 2.45) is 0 Å². The lowest BCUT2D eigenvalue weighted by molar-refractivity contribution is -0.151. The van der Waals surface area contributed by atoms with Crippen LogP contribution in [0.1, 0.15) is 34.2 Å². The monoisotopic (exact) mass is 312 g/mol. The number of aryl methyl sites for hydroxylation is 4. The highest BCUT2D eigenvalue weighted by molar-refractivity contribution is 5.72. The third-order valence-corrected chi connectivity index (χ3v) is 4.03. The molecule has 3 nitrogen and oxygen atoms in total. The minimum absolute atomic E-state index is 0.330. The molecule has 0 amide bonds. The number of benzene rings is 2. The van der Waals surface area contributed by atoms with Gasteiger partial charge in [0.1, 0.15) is 0 Å². The molecule has 0 radical (unpaired) electrons. The van der Waals surface area contributed by atoms with Gasteiger partial charge in [-0.25, -0.2) is 4.79 Å². The first-order chi connectivity index (χ1) is 11.0. The third kappa shape index (κ3) is 5.22. The van der Waals surface area contributed by atoms with Crippen molar-refractivity contribution >= 4 is 5.97 Å². The molecule has 3 heteroatoms. The lowest BCUT2D eigenvalue weighted by Crippen LogP contribution is -2.24. The second-order valence-electron chi connectivity index (χ2n) is 6.09. The number of carboxylic acids is 1. The summed E-state index contributed by atoms with van der Waals surface area (Å²) in [6.45, 7) is 6.43. The number of carboxylic acid groups (broad SMARTS) is 1. The van der Waals surface area contributed by atoms with Crippen LogP contribution in [0.5, 0.6) is 0 Å². The Labute approximate surface area is 137 Å². The van der Waals surface area contributed by atoms with Gasteiger partial charge in [-0.1, -0.05) is 53.6 Å². The molecular formula is C20H24O3. The Morgan fingerprint density at radius 1 is 1.04 bits per heavy atom. The van der Waals surface area contributed by atoms with Crippen LogP contribution < -0.4 is 0 Å². The van der Waals surface area contributed by atoms with Gasteiger partial charge < -0.3 is 9.84 Å². The normalized spacial score (nSPS) is 12.1. The zero-order valence-electron chi connectivity index (χ0n) is 14.0. The quantitative estimate of drug-likeness (QED) is 0.833. The van der Waals surface area contributed by atoms with Crippen LogP contribution in [-0.2, 0) is 22.6 Å². The third-order valence-electron chi connectivity index (χ3n) is 4.03. The van der Waals surface area contributed by atoms with E-state index in [4.69, 9.17) is 4.74 Å². The molecule has 0 saturated heterocycles. The summed E-state index contributed by atoms with van der Waals surface area (Å²) in [5.41, 5.74) is 5.71. The largest absolute Gasteiger partial charge is 0.479 e. The minimum atomic E-state index is -0.901. The van der Waals surface area contributed by atoms with Gasteiger partial charge in [-0.05, 0) is 50.3 Å². The number of aliphatic carboxylic acids is 1. The van der Waals surface area contributed by atoms with Crippen LogP contribution in [-0.4, -0.2) is 17.2 Å². The van der Waals surface area contributed by atoms with E-state index in [-0.39, 0.29) is 0 Å². The van der Waals surface area contributed by atoms with Crippen molar-refractivity contribution in [2.75, 3.05) is 0 Å². The Balaban J connectivity index is 1.93. The zero-order valence-corrected chi connectivity index (χ0v) is 14.0. The number of hydrogen-bond acceptors (Lipinski definition) is 2. The Bertz CT molecular complexity index is 659. The highest BCUT2D eigenvalue weighted by atomic mass is 16.5. The summed E-state index contributed by atoms with van der Waals surface area (Å²) in [7, 11) is 0. The van der Waals surface area contributed by atoms with Crippen LogP contribution in [0.25, 0.3) is 0 Å². The highest BCUT2D eigenvalue weighted by Gasteiger charge is 2.18. The van der Waals surface area contributed by atoms with Gasteiger partial charge in [-0.3, -0.25) is 0 Å². The Morgan fingerprint density at radius 3 is 2.30 bits per heavy atom. The summed E-state index contributed by atoms with van der Waals surface area (Å²) < 4.78 is 5.66. The fraction of sp³-hybridized carbons (Fsp3) is 0.350. The summed E-state index contributed by atoms with van der Waals surface area (Å²) in [5.74, 6) is -0.901. The van der Waals surface area contributed by atoms with Crippen molar-refractivity contribution in [3.05, 3.63) is 70.3 Å². The van der Waals surface area contributed by atoms with Gasteiger partial charge in [0.2, 0.25) is 0 Å². The average molecular weight is 312 g/mol. The first kappa shape index (κ1) is 17.2. The standard InChI is InChI=1S/C20H24O3/c1-14-4-7-17(8-5-14)9-11-19(20(21)22)23-13-18-10-6-15(2)12-16(18)3/h4-8,10,12,19H,9,11,13H2,1-3H3,(H,21,22). The van der Waals surface area contributed by atoms with Gasteiger partial charge in [-0.15, -0.1) is 0 Å². The number of rotatable bonds is 7. The number of ether oxygens (including phenoxy) is 1. The molecule has 0 saturated carbocycles. The molecule has 0 aliphatic heterocycles. The van der Waals surface area contributed by atoms with E-state index in [1.807, 2.05) is 57.2 Å². The summed E-state index contributed by atoms with van der Waals surface area (Å²) in [4.78, 5) is 11.4. The molecule has 0 heterocycles. The molecule has 0 aliphatic rings. The summed E-state index contributed by atoms with van der Waals surface area (Å²) in [6.07, 6.45) is 0.393. The smallest absolute Gasteiger partial charge is 0.332 e. The fourth-order valence-electron chi connectivity index (χ4n) is 2.53. The maximum Gasteiger partial charge on any atom is 0.332 e. The summed E-state index contributed by atoms with van der Waals surface area (Å²) in [6, 6.07) is 14.3. The molecule has 1 N–H and O–H groups in total. The Morgan fingerprint density at radius 2 is 1.70 bits per heavy atom. The van der Waals surface area contributed by atoms with Crippen molar-refractivity contribution in [1.29, 1.82) is 0 Å². The fourth-order valence-corrected chi connectivity index (χ4v) is 2.53. The maximum atomic E-state index is 11.4. The molecule has 1 unspecified atom stereocenters. The molecule has 0 aromatic heterocycles. The molecule has 2 aromatic carbocycles. The molecule has 0 aliphatic carbocycles. The SMILES string of the molecule is Cc1ccc(CCC(OCc2ccc(C)cc2C)C(=O)O)cc1. The highest BCUT2D eigenvalue weighted by Crippen LogP contribution is 2.15. The molecule has 2 rings (SSSR count). The lowest BCUT2D eigenvalue weighted by Gasteiger charge is -2.15. The number of carbonyl (C=O) groups is 1. The van der Waals surface area contributed by atoms with Gasteiger partial charge in [-0.2, -0.15) is 0 Å². The van der Waals surface area contributed by atoms with Crippen LogP contribution >= 0.6 is 0 Å². The van der Waals surface area contributed by atoms with Crippen molar-refractivity contribution in [3.8, 4) is 0 Å². The second kappa shape index (κ2) is 7.93. The molecule has 2 aromatic rings. The minimum Gasteiger partial charge on any atom is -0.479 e. The van der Waals surface area contributed by atoms with Crippen molar-refractivity contribution in [3.63, 3.8) is 0 Å². The maximum absolute atomic E-state index is 11.4. The molecule has 1 atom stereocenters. The molecule has 0 spiro atoms. The molecule has 23 heavy (non-hydrogen) atoms. The van der Waals surface area contributed by atoms with Crippen molar-refractivity contribution in [1.82, 2.24) is 0 Å². The molecule has 0 fully saturated rings. The predicted octanol–water partition coefficient (Wildman–Crippen LogP) is 4.21. The van der Waals surface area contributed by atoms with Crippen LogP contribution in [0.2, 0.25) is 0 Å². The van der Waals surface area contributed by atoms with Gasteiger partial charge in [0, 0.05) is 0 Å². The number of hydrogen-bond donors (Lipinski definition) is 1. The van der Waals surface area contributed by atoms with E-state index in [2.05, 4.69) is 6.07 Å². The topological polar surface area (TPSA) is 46.5 Å². The van der Waals surface area contributed by atoms with E-state index in [9.17, 15) is 9.90 Å². The van der Waals surface area contributed by atoms with E-state index in [1.54, 1.807) is 0 Å². The van der Waals surface area contributed by atoms with Gasteiger partial charge in [0.15, 0.2) is 6.10 Å². The van der Waals surface area contributed by atoms with Crippen molar-refractivity contribution in [2.45, 2.75) is 46.3 Å². The van der Waals surface area contributed by atoms with E-state index in [0.717, 1.165) is 16.7 Å². The predicted molar refractivity (Wildman–Crippen MR) is 91.6 cm³/mol. The molecule has 122 valence electrons. The Kier molecular flexibility index (Phi) is 5.94. The first-order valence-electron chi connectivity index (χ1n) is 7.92. The van der Waals surface area contributed by atoms with E-state index < -0.39 is 12.1 Å². The van der Waals surface area contributed by atoms with E-state index in [1.165, 1.54) is 11.1 Å². The van der Waals surface area contributed by atoms with E-state index >= 15 is 0 Å². The van der Waals surface area contributed by atoms with Crippen molar-refractivity contribution < 1.29 is 14.6 Å².